The first-order chi connectivity index (χ1) is 14.3. The van der Waals surface area contributed by atoms with Crippen LogP contribution in [0.2, 0.25) is 5.02 Å². The van der Waals surface area contributed by atoms with Gasteiger partial charge in [-0.15, -0.1) is 10.2 Å². The number of hydrogen-bond donors (Lipinski definition) is 3. The number of halogens is 4. The van der Waals surface area contributed by atoms with E-state index in [1.807, 2.05) is 0 Å². The molecular formula is C17H14ClF3N6O2S. The number of carbonyl (C=O) groups is 1. The van der Waals surface area contributed by atoms with Gasteiger partial charge >= 0.3 is 12.2 Å². The van der Waals surface area contributed by atoms with E-state index in [2.05, 4.69) is 31.1 Å². The molecule has 8 nitrogen and oxygen atoms in total. The molecule has 2 amide bonds. The predicted octanol–water partition coefficient (Wildman–Crippen LogP) is 5.39. The molecule has 0 radical (unpaired) electrons. The quantitative estimate of drug-likeness (QED) is 0.457. The fourth-order valence-corrected chi connectivity index (χ4v) is 3.08. The van der Waals surface area contributed by atoms with Crippen molar-refractivity contribution in [3.05, 3.63) is 46.7 Å². The number of alkyl halides is 3. The molecule has 2 aromatic heterocycles. The van der Waals surface area contributed by atoms with Gasteiger partial charge in [0.25, 0.3) is 0 Å². The van der Waals surface area contributed by atoms with Crippen LogP contribution >= 0.6 is 22.9 Å². The van der Waals surface area contributed by atoms with Crippen molar-refractivity contribution in [1.29, 1.82) is 0 Å². The Balaban J connectivity index is 1.81. The van der Waals surface area contributed by atoms with Crippen LogP contribution in [0.5, 0.6) is 5.75 Å². The van der Waals surface area contributed by atoms with Crippen LogP contribution in [0.25, 0.3) is 0 Å². The summed E-state index contributed by atoms with van der Waals surface area (Å²) >= 11 is 6.41. The first kappa shape index (κ1) is 21.6. The molecule has 158 valence electrons. The highest BCUT2D eigenvalue weighted by Gasteiger charge is 2.35. The molecule has 0 aliphatic heterocycles. The molecule has 3 N–H and O–H groups in total. The molecule has 0 aliphatic carbocycles. The van der Waals surface area contributed by atoms with Crippen LogP contribution in [0.3, 0.4) is 0 Å². The van der Waals surface area contributed by atoms with Crippen LogP contribution in [0, 0.1) is 0 Å². The molecule has 13 heteroatoms. The number of carbonyl (C=O) groups excluding carboxylic acids is 1. The second kappa shape index (κ2) is 9.13. The molecule has 0 unspecified atom stereocenters. The average molecular weight is 459 g/mol. The van der Waals surface area contributed by atoms with Crippen molar-refractivity contribution < 1.29 is 22.7 Å². The van der Waals surface area contributed by atoms with Gasteiger partial charge in [0, 0.05) is 12.3 Å². The van der Waals surface area contributed by atoms with Crippen LogP contribution in [-0.4, -0.2) is 27.8 Å². The van der Waals surface area contributed by atoms with E-state index < -0.39 is 17.2 Å². The van der Waals surface area contributed by atoms with Gasteiger partial charge in [-0.05, 0) is 25.1 Å². The Morgan fingerprint density at radius 3 is 2.67 bits per heavy atom. The molecule has 3 rings (SSSR count). The van der Waals surface area contributed by atoms with Gasteiger partial charge in [-0.3, -0.25) is 10.3 Å². The Kier molecular flexibility index (Phi) is 6.57. The van der Waals surface area contributed by atoms with Gasteiger partial charge in [0.2, 0.25) is 10.1 Å². The number of pyridine rings is 1. The zero-order valence-electron chi connectivity index (χ0n) is 15.2. The number of nitrogens with zero attached hydrogens (tertiary/aromatic N) is 3. The van der Waals surface area contributed by atoms with E-state index in [1.54, 1.807) is 37.5 Å². The highest BCUT2D eigenvalue weighted by Crippen LogP contribution is 2.37. The van der Waals surface area contributed by atoms with E-state index >= 15 is 0 Å². The molecule has 0 atom stereocenters. The Bertz CT molecular complexity index is 1030. The smallest absolute Gasteiger partial charge is 0.445 e. The molecule has 0 aliphatic rings. The van der Waals surface area contributed by atoms with Crippen molar-refractivity contribution in [2.24, 2.45) is 0 Å². The largest absolute Gasteiger partial charge is 0.492 e. The zero-order chi connectivity index (χ0) is 21.7. The van der Waals surface area contributed by atoms with Crippen molar-refractivity contribution >= 4 is 51.2 Å². The van der Waals surface area contributed by atoms with Crippen molar-refractivity contribution in [2.75, 3.05) is 22.6 Å². The molecule has 0 saturated heterocycles. The highest BCUT2D eigenvalue weighted by molar-refractivity contribution is 7.15. The summed E-state index contributed by atoms with van der Waals surface area (Å²) < 4.78 is 43.4. The summed E-state index contributed by atoms with van der Waals surface area (Å²) in [6.45, 7) is 2.17. The summed E-state index contributed by atoms with van der Waals surface area (Å²) in [6.07, 6.45) is -1.47. The van der Waals surface area contributed by atoms with E-state index in [1.165, 1.54) is 6.07 Å². The number of urea groups is 1. The number of hydrogen-bond acceptors (Lipinski definition) is 7. The summed E-state index contributed by atoms with van der Waals surface area (Å²) in [4.78, 5) is 16.3. The van der Waals surface area contributed by atoms with Gasteiger partial charge in [0.15, 0.2) is 0 Å². The van der Waals surface area contributed by atoms with Gasteiger partial charge in [-0.1, -0.05) is 22.9 Å². The van der Waals surface area contributed by atoms with E-state index in [0.717, 1.165) is 0 Å². The summed E-state index contributed by atoms with van der Waals surface area (Å²) in [5.74, 6) is 0.385. The molecule has 30 heavy (non-hydrogen) atoms. The van der Waals surface area contributed by atoms with E-state index in [4.69, 9.17) is 16.3 Å². The number of ether oxygens (including phenoxy) is 1. The van der Waals surface area contributed by atoms with Crippen LogP contribution in [0.4, 0.5) is 40.2 Å². The minimum absolute atomic E-state index is 0.209. The summed E-state index contributed by atoms with van der Waals surface area (Å²) in [7, 11) is 0. The third-order valence-electron chi connectivity index (χ3n) is 3.45. The number of rotatable bonds is 6. The Morgan fingerprint density at radius 1 is 1.23 bits per heavy atom. The normalized spacial score (nSPS) is 11.1. The van der Waals surface area contributed by atoms with E-state index in [0.29, 0.717) is 23.7 Å². The first-order valence-electron chi connectivity index (χ1n) is 8.38. The fourth-order valence-electron chi connectivity index (χ4n) is 2.26. The Labute approximate surface area is 177 Å². The lowest BCUT2D eigenvalue weighted by atomic mass is 10.2. The molecular weight excluding hydrogens is 445 g/mol. The average Bonchev–Trinajstić information content (AvgIpc) is 3.15. The van der Waals surface area contributed by atoms with Gasteiger partial charge in [-0.25, -0.2) is 4.79 Å². The van der Waals surface area contributed by atoms with Crippen molar-refractivity contribution in [3.8, 4) is 5.75 Å². The standard InChI is InChI=1S/C17H14ClF3N6O2S/c1-2-29-13-7-12(23-9-4-3-5-22-8-9)11(6-10(13)18)24-15(28)25-16-27-26-14(30-16)17(19,20)21/h3-8,23H,2H2,1H3,(H2,24,25,27,28). The Hall–Kier alpha value is -3.12. The summed E-state index contributed by atoms with van der Waals surface area (Å²) in [5, 5.41) is 12.9. The fraction of sp³-hybridized carbons (Fsp3) is 0.176. The lowest BCUT2D eigenvalue weighted by molar-refractivity contribution is -0.138. The van der Waals surface area contributed by atoms with Crippen molar-refractivity contribution in [3.63, 3.8) is 0 Å². The number of amides is 2. The molecule has 2 heterocycles. The third-order valence-corrected chi connectivity index (χ3v) is 4.63. The second-order valence-corrected chi connectivity index (χ2v) is 7.00. The minimum Gasteiger partial charge on any atom is -0.492 e. The molecule has 0 fully saturated rings. The highest BCUT2D eigenvalue weighted by atomic mass is 35.5. The molecule has 0 spiro atoms. The van der Waals surface area contributed by atoms with Crippen molar-refractivity contribution in [1.82, 2.24) is 15.2 Å². The SMILES string of the molecule is CCOc1cc(Nc2cccnc2)c(NC(=O)Nc2nnc(C(F)(F)F)s2)cc1Cl. The van der Waals surface area contributed by atoms with Crippen LogP contribution in [0.1, 0.15) is 11.9 Å². The third kappa shape index (κ3) is 5.48. The molecule has 0 bridgehead atoms. The van der Waals surface area contributed by atoms with Crippen LogP contribution in [-0.2, 0) is 6.18 Å². The summed E-state index contributed by atoms with van der Waals surface area (Å²) in [6, 6.07) is 5.68. The second-order valence-electron chi connectivity index (χ2n) is 5.62. The molecule has 0 saturated carbocycles. The topological polar surface area (TPSA) is 101 Å². The predicted molar refractivity (Wildman–Crippen MR) is 108 cm³/mol. The number of aromatic nitrogens is 3. The van der Waals surface area contributed by atoms with Gasteiger partial charge < -0.3 is 15.4 Å². The number of benzene rings is 1. The molecule has 3 aromatic rings. The monoisotopic (exact) mass is 458 g/mol. The van der Waals surface area contributed by atoms with Crippen LogP contribution in [0.15, 0.2) is 36.7 Å². The lowest BCUT2D eigenvalue weighted by Crippen LogP contribution is -2.20. The van der Waals surface area contributed by atoms with Crippen LogP contribution < -0.4 is 20.7 Å². The molecule has 1 aromatic carbocycles. The number of nitrogens with one attached hydrogen (secondary N) is 3. The number of anilines is 4. The van der Waals surface area contributed by atoms with Gasteiger partial charge in [0.05, 0.1) is 34.9 Å². The lowest BCUT2D eigenvalue weighted by Gasteiger charge is -2.16. The van der Waals surface area contributed by atoms with Gasteiger partial charge in [0.1, 0.15) is 5.75 Å². The maximum atomic E-state index is 12.6. The minimum atomic E-state index is -4.64. The maximum absolute atomic E-state index is 12.6. The van der Waals surface area contributed by atoms with E-state index in [9.17, 15) is 18.0 Å². The van der Waals surface area contributed by atoms with E-state index in [-0.39, 0.29) is 27.2 Å². The summed E-state index contributed by atoms with van der Waals surface area (Å²) in [5.41, 5.74) is 1.31. The maximum Gasteiger partial charge on any atom is 0.445 e. The van der Waals surface area contributed by atoms with Crippen molar-refractivity contribution in [2.45, 2.75) is 13.1 Å². The van der Waals surface area contributed by atoms with Gasteiger partial charge in [-0.2, -0.15) is 13.2 Å². The Morgan fingerprint density at radius 2 is 2.03 bits per heavy atom. The zero-order valence-corrected chi connectivity index (χ0v) is 16.8. The first-order valence-corrected chi connectivity index (χ1v) is 9.57.